The standard InChI is InChI=1S/C55H46S/c1-39(42-30-18-13-14-20-32-44(46-34-22-21-33-45(42)46)41-28-16-10-6-5-7-11-17-29-41)27-15-9-8-12-19-31-43-40(2)55(3,4)53-47-35-23-24-36-48(47)54-52(51(43)53)49-37-25-26-38-50(49)56-54/h5-6,8-27,29-38H,1-2,7,28H2,3-4H3/b6-5-,9-8+,14-13?,16-10-,17-11-,18-13?,19-12+,20-14?,27-15-,30-18?,32-20?,41-29?,42-30?,43-31+,44-32?,45-42?,46-44?. The molecule has 0 bridgehead atoms. The molecule has 0 radical (unpaired) electrons. The molecule has 0 nitrogen and oxygen atoms in total. The number of allylic oxidation sites excluding steroid dienone is 18. The monoisotopic (exact) mass is 738 g/mol. The predicted octanol–water partition coefficient (Wildman–Crippen LogP) is 15.9. The largest absolute Gasteiger partial charge is 0.135 e. The summed E-state index contributed by atoms with van der Waals surface area (Å²) >= 11 is 1.90. The summed E-state index contributed by atoms with van der Waals surface area (Å²) in [7, 11) is 0. The lowest BCUT2D eigenvalue weighted by Crippen LogP contribution is -2.14. The summed E-state index contributed by atoms with van der Waals surface area (Å²) in [6.07, 6.45) is 32.0. The first-order chi connectivity index (χ1) is 27.4. The van der Waals surface area contributed by atoms with Gasteiger partial charge in [-0.1, -0.05) is 215 Å². The van der Waals surface area contributed by atoms with Crippen LogP contribution < -0.4 is 0 Å². The Hall–Kier alpha value is -6.28. The molecule has 0 atom stereocenters. The van der Waals surface area contributed by atoms with Crippen molar-refractivity contribution in [1.29, 1.82) is 0 Å². The molecule has 0 spiro atoms. The Balaban J connectivity index is 1.11. The third-order valence-corrected chi connectivity index (χ3v) is 12.2. The highest BCUT2D eigenvalue weighted by atomic mass is 32.1. The number of hydrogen-bond donors (Lipinski definition) is 0. The van der Waals surface area contributed by atoms with Crippen molar-refractivity contribution < 1.29 is 0 Å². The first kappa shape index (κ1) is 36.7. The fourth-order valence-corrected chi connectivity index (χ4v) is 9.40. The van der Waals surface area contributed by atoms with Gasteiger partial charge in [-0.05, 0) is 85.0 Å². The highest BCUT2D eigenvalue weighted by molar-refractivity contribution is 7.26. The number of fused-ring (bicyclic) bond motifs is 9. The van der Waals surface area contributed by atoms with E-state index < -0.39 is 0 Å². The number of thiophene rings is 1. The lowest BCUT2D eigenvalue weighted by atomic mass is 9.80. The maximum absolute atomic E-state index is 4.69. The highest BCUT2D eigenvalue weighted by Crippen LogP contribution is 2.56. The van der Waals surface area contributed by atoms with Crippen LogP contribution in [0.25, 0.3) is 58.4 Å². The molecule has 1 heteroatoms. The SMILES string of the molecule is C=C(\C=C/C=C/C=C/C=C1\C(=C)C(C)(C)c2c1c1c3ccccc3sc1c1ccccc21)c1ccccccc(C2=C/C=C\C/C=C\C=C/C2)c2ccccc12. The average Bonchev–Trinajstić information content (AvgIpc) is 3.70. The highest BCUT2D eigenvalue weighted by Gasteiger charge is 2.40. The van der Waals surface area contributed by atoms with E-state index in [4.69, 9.17) is 6.58 Å². The maximum atomic E-state index is 4.69. The average molecular weight is 739 g/mol. The third kappa shape index (κ3) is 7.03. The van der Waals surface area contributed by atoms with Gasteiger partial charge in [0.25, 0.3) is 0 Å². The topological polar surface area (TPSA) is 0 Å². The Kier molecular flexibility index (Phi) is 10.6. The molecule has 8 rings (SSSR count). The molecule has 272 valence electrons. The summed E-state index contributed by atoms with van der Waals surface area (Å²) in [6.45, 7) is 13.9. The van der Waals surface area contributed by atoms with Crippen molar-refractivity contribution in [3.63, 3.8) is 0 Å². The predicted molar refractivity (Wildman–Crippen MR) is 250 cm³/mol. The van der Waals surface area contributed by atoms with Gasteiger partial charge in [-0.3, -0.25) is 0 Å². The van der Waals surface area contributed by atoms with Crippen molar-refractivity contribution in [3.05, 3.63) is 235 Å². The van der Waals surface area contributed by atoms with Gasteiger partial charge in [0.1, 0.15) is 0 Å². The van der Waals surface area contributed by atoms with Gasteiger partial charge in [0.05, 0.1) is 0 Å². The van der Waals surface area contributed by atoms with Gasteiger partial charge in [0.15, 0.2) is 0 Å². The Morgan fingerprint density at radius 2 is 1.29 bits per heavy atom. The summed E-state index contributed by atoms with van der Waals surface area (Å²) in [5, 5.41) is 7.69. The van der Waals surface area contributed by atoms with Crippen molar-refractivity contribution in [2.75, 3.05) is 0 Å². The minimum Gasteiger partial charge on any atom is -0.135 e. The molecule has 5 aromatic carbocycles. The smallest absolute Gasteiger partial charge is 0.0440 e. The fourth-order valence-electron chi connectivity index (χ4n) is 8.15. The lowest BCUT2D eigenvalue weighted by molar-refractivity contribution is 0.669. The molecule has 0 aliphatic heterocycles. The van der Waals surface area contributed by atoms with Crippen LogP contribution in [0.4, 0.5) is 0 Å². The molecule has 2 aliphatic carbocycles. The first-order valence-electron chi connectivity index (χ1n) is 19.5. The van der Waals surface area contributed by atoms with Gasteiger partial charge in [-0.15, -0.1) is 11.3 Å². The van der Waals surface area contributed by atoms with Crippen LogP contribution in [0.5, 0.6) is 0 Å². The molecule has 0 fully saturated rings. The van der Waals surface area contributed by atoms with Crippen molar-refractivity contribution in [2.24, 2.45) is 0 Å². The molecule has 0 saturated carbocycles. The van der Waals surface area contributed by atoms with Crippen molar-refractivity contribution in [2.45, 2.75) is 32.1 Å². The van der Waals surface area contributed by atoms with Gasteiger partial charge >= 0.3 is 0 Å². The van der Waals surface area contributed by atoms with Gasteiger partial charge in [-0.2, -0.15) is 0 Å². The fraction of sp³-hybridized carbons (Fsp3) is 0.0909. The zero-order chi connectivity index (χ0) is 38.5. The zero-order valence-electron chi connectivity index (χ0n) is 32.2. The van der Waals surface area contributed by atoms with Crippen LogP contribution in [0.3, 0.4) is 0 Å². The second-order valence-corrected chi connectivity index (χ2v) is 15.9. The van der Waals surface area contributed by atoms with Crippen LogP contribution >= 0.6 is 11.3 Å². The van der Waals surface area contributed by atoms with Crippen molar-refractivity contribution in [1.82, 2.24) is 0 Å². The summed E-state index contributed by atoms with van der Waals surface area (Å²) in [6, 6.07) is 39.2. The Labute approximate surface area is 335 Å². The minimum absolute atomic E-state index is 0.189. The quantitative estimate of drug-likeness (QED) is 0.149. The van der Waals surface area contributed by atoms with Crippen LogP contribution in [0.2, 0.25) is 0 Å². The molecule has 2 aliphatic rings. The van der Waals surface area contributed by atoms with Crippen LogP contribution in [-0.2, 0) is 5.41 Å². The van der Waals surface area contributed by atoms with E-state index in [9.17, 15) is 0 Å². The maximum Gasteiger partial charge on any atom is 0.0440 e. The summed E-state index contributed by atoms with van der Waals surface area (Å²) < 4.78 is 2.68. The number of rotatable bonds is 6. The first-order valence-corrected chi connectivity index (χ1v) is 20.3. The third-order valence-electron chi connectivity index (χ3n) is 11.0. The molecule has 0 unspecified atom stereocenters. The van der Waals surface area contributed by atoms with Crippen LogP contribution in [0.15, 0.2) is 213 Å². The van der Waals surface area contributed by atoms with E-state index in [-0.39, 0.29) is 5.41 Å². The van der Waals surface area contributed by atoms with E-state index in [1.165, 1.54) is 64.2 Å². The zero-order valence-corrected chi connectivity index (χ0v) is 33.0. The van der Waals surface area contributed by atoms with E-state index in [0.717, 1.165) is 34.9 Å². The molecule has 6 aromatic rings. The Morgan fingerprint density at radius 3 is 2.12 bits per heavy atom. The molecular weight excluding hydrogens is 693 g/mol. The van der Waals surface area contributed by atoms with Gasteiger partial charge < -0.3 is 0 Å². The van der Waals surface area contributed by atoms with Gasteiger partial charge in [0, 0.05) is 25.6 Å². The molecule has 0 amide bonds. The van der Waals surface area contributed by atoms with Gasteiger partial charge in [-0.25, -0.2) is 0 Å². The summed E-state index contributed by atoms with van der Waals surface area (Å²) in [5.41, 5.74) is 9.44. The molecule has 1 aromatic heterocycles. The molecule has 0 saturated heterocycles. The molecule has 56 heavy (non-hydrogen) atoms. The second-order valence-electron chi connectivity index (χ2n) is 14.8. The van der Waals surface area contributed by atoms with E-state index in [0.29, 0.717) is 0 Å². The van der Waals surface area contributed by atoms with E-state index >= 15 is 0 Å². The van der Waals surface area contributed by atoms with Crippen LogP contribution in [0.1, 0.15) is 48.9 Å². The van der Waals surface area contributed by atoms with E-state index in [1.54, 1.807) is 0 Å². The normalized spacial score (nSPS) is 17.9. The summed E-state index contributed by atoms with van der Waals surface area (Å²) in [4.78, 5) is 0. The van der Waals surface area contributed by atoms with Crippen LogP contribution in [0, 0.1) is 0 Å². The van der Waals surface area contributed by atoms with Crippen molar-refractivity contribution in [3.8, 4) is 0 Å². The van der Waals surface area contributed by atoms with E-state index in [1.807, 2.05) is 11.3 Å². The Bertz CT molecular complexity index is 2850. The lowest BCUT2D eigenvalue weighted by Gasteiger charge is -2.22. The number of benzene rings is 4. The minimum atomic E-state index is -0.189. The van der Waals surface area contributed by atoms with Crippen LogP contribution in [-0.4, -0.2) is 0 Å². The Morgan fingerprint density at radius 1 is 0.643 bits per heavy atom. The van der Waals surface area contributed by atoms with E-state index in [2.05, 4.69) is 215 Å². The van der Waals surface area contributed by atoms with Crippen molar-refractivity contribution >= 4 is 69.8 Å². The summed E-state index contributed by atoms with van der Waals surface area (Å²) in [5.74, 6) is 0. The molecule has 1 heterocycles. The van der Waals surface area contributed by atoms with Gasteiger partial charge in [0.2, 0.25) is 0 Å². The molecular formula is C55H46S. The second kappa shape index (κ2) is 16.2. The molecule has 0 N–H and O–H groups in total. The number of hydrogen-bond acceptors (Lipinski definition) is 1.